The van der Waals surface area contributed by atoms with Gasteiger partial charge in [-0.3, -0.25) is 4.79 Å². The Balaban J connectivity index is 1.89. The van der Waals surface area contributed by atoms with Gasteiger partial charge in [0.1, 0.15) is 5.82 Å². The van der Waals surface area contributed by atoms with Gasteiger partial charge in [-0.2, -0.15) is 0 Å². The number of nitrogens with zero attached hydrogens (tertiary/aromatic N) is 2. The molecule has 26 heavy (non-hydrogen) atoms. The molecule has 1 N–H and O–H groups in total. The molecule has 0 unspecified atom stereocenters. The topological polar surface area (TPSA) is 45.2 Å². The number of pyridine rings is 1. The fraction of sp³-hybridized carbons (Fsp3) is 0.182. The summed E-state index contributed by atoms with van der Waals surface area (Å²) < 4.78 is 0. The van der Waals surface area contributed by atoms with Crippen molar-refractivity contribution in [3.63, 3.8) is 0 Å². The first-order valence-electron chi connectivity index (χ1n) is 8.70. The van der Waals surface area contributed by atoms with Crippen LogP contribution >= 0.6 is 0 Å². The van der Waals surface area contributed by atoms with Crippen LogP contribution in [0.5, 0.6) is 0 Å². The summed E-state index contributed by atoms with van der Waals surface area (Å²) in [4.78, 5) is 18.3. The molecule has 4 heteroatoms. The van der Waals surface area contributed by atoms with Gasteiger partial charge < -0.3 is 10.2 Å². The van der Waals surface area contributed by atoms with Gasteiger partial charge >= 0.3 is 0 Å². The first kappa shape index (κ1) is 17.7. The summed E-state index contributed by atoms with van der Waals surface area (Å²) in [7, 11) is 0. The number of anilines is 2. The minimum absolute atomic E-state index is 0.0897. The molecule has 1 aromatic heterocycles. The maximum Gasteiger partial charge on any atom is 0.221 e. The van der Waals surface area contributed by atoms with E-state index in [1.54, 1.807) is 0 Å². The first-order chi connectivity index (χ1) is 12.6. The normalized spacial score (nSPS) is 10.4. The highest BCUT2D eigenvalue weighted by Crippen LogP contribution is 2.22. The number of aromatic nitrogens is 1. The number of hydrogen-bond donors (Lipinski definition) is 1. The molecule has 0 fully saturated rings. The highest BCUT2D eigenvalue weighted by molar-refractivity contribution is 5.89. The van der Waals surface area contributed by atoms with Crippen molar-refractivity contribution in [3.8, 4) is 0 Å². The van der Waals surface area contributed by atoms with E-state index in [2.05, 4.69) is 58.7 Å². The quantitative estimate of drug-likeness (QED) is 0.712. The lowest BCUT2D eigenvalue weighted by Crippen LogP contribution is -2.23. The molecular formula is C22H23N3O. The molecule has 0 saturated carbocycles. The highest BCUT2D eigenvalue weighted by atomic mass is 16.1. The van der Waals surface area contributed by atoms with Crippen molar-refractivity contribution >= 4 is 17.4 Å². The van der Waals surface area contributed by atoms with Crippen molar-refractivity contribution in [2.24, 2.45) is 0 Å². The van der Waals surface area contributed by atoms with Crippen LogP contribution in [-0.4, -0.2) is 10.9 Å². The van der Waals surface area contributed by atoms with Crippen LogP contribution in [0.25, 0.3) is 0 Å². The third kappa shape index (κ3) is 4.70. The third-order valence-corrected chi connectivity index (χ3v) is 4.14. The average Bonchev–Trinajstić information content (AvgIpc) is 2.64. The van der Waals surface area contributed by atoms with Crippen LogP contribution in [0.15, 0.2) is 72.8 Å². The molecule has 0 atom stereocenters. The molecular weight excluding hydrogens is 322 g/mol. The van der Waals surface area contributed by atoms with Crippen molar-refractivity contribution in [1.29, 1.82) is 0 Å². The number of rotatable bonds is 6. The maximum absolute atomic E-state index is 11.3. The number of hydrogen-bond acceptors (Lipinski definition) is 3. The lowest BCUT2D eigenvalue weighted by atomic mass is 10.1. The number of benzene rings is 2. The van der Waals surface area contributed by atoms with E-state index in [1.807, 2.05) is 31.2 Å². The Labute approximate surface area is 154 Å². The number of carbonyl (C=O) groups excluding carboxylic acids is 1. The number of carbonyl (C=O) groups is 1. The van der Waals surface area contributed by atoms with Gasteiger partial charge in [0.25, 0.3) is 0 Å². The summed E-state index contributed by atoms with van der Waals surface area (Å²) in [5, 5.41) is 2.82. The Morgan fingerprint density at radius 1 is 0.885 bits per heavy atom. The molecule has 0 aliphatic carbocycles. The summed E-state index contributed by atoms with van der Waals surface area (Å²) in [5.74, 6) is 0.803. The van der Waals surface area contributed by atoms with Gasteiger partial charge in [-0.15, -0.1) is 0 Å². The summed E-state index contributed by atoms with van der Waals surface area (Å²) in [6.07, 6.45) is 0. The lowest BCUT2D eigenvalue weighted by molar-refractivity contribution is -0.114. The van der Waals surface area contributed by atoms with Crippen molar-refractivity contribution in [1.82, 2.24) is 4.98 Å². The molecule has 1 amide bonds. The molecule has 0 aliphatic heterocycles. The van der Waals surface area contributed by atoms with E-state index in [0.29, 0.717) is 0 Å². The Morgan fingerprint density at radius 3 is 1.88 bits per heavy atom. The lowest BCUT2D eigenvalue weighted by Gasteiger charge is -2.25. The largest absolute Gasteiger partial charge is 0.348 e. The summed E-state index contributed by atoms with van der Waals surface area (Å²) in [6.45, 7) is 4.95. The maximum atomic E-state index is 11.3. The number of amides is 1. The summed E-state index contributed by atoms with van der Waals surface area (Å²) >= 11 is 0. The predicted octanol–water partition coefficient (Wildman–Crippen LogP) is 4.56. The van der Waals surface area contributed by atoms with Gasteiger partial charge in [0.2, 0.25) is 5.91 Å². The van der Waals surface area contributed by atoms with Crippen LogP contribution in [0.4, 0.5) is 11.5 Å². The van der Waals surface area contributed by atoms with E-state index in [0.717, 1.165) is 30.3 Å². The zero-order valence-electron chi connectivity index (χ0n) is 15.1. The molecule has 132 valence electrons. The smallest absolute Gasteiger partial charge is 0.221 e. The molecule has 0 bridgehead atoms. The zero-order valence-corrected chi connectivity index (χ0v) is 15.1. The first-order valence-corrected chi connectivity index (χ1v) is 8.70. The second-order valence-corrected chi connectivity index (χ2v) is 6.31. The molecule has 2 aromatic carbocycles. The van der Waals surface area contributed by atoms with Gasteiger partial charge in [0.05, 0.1) is 11.4 Å². The van der Waals surface area contributed by atoms with E-state index in [1.165, 1.54) is 18.1 Å². The van der Waals surface area contributed by atoms with Crippen LogP contribution in [0.1, 0.15) is 23.7 Å². The fourth-order valence-corrected chi connectivity index (χ4v) is 2.87. The number of aryl methyl sites for hydroxylation is 1. The van der Waals surface area contributed by atoms with Gasteiger partial charge in [-0.05, 0) is 30.2 Å². The van der Waals surface area contributed by atoms with E-state index >= 15 is 0 Å². The average molecular weight is 345 g/mol. The molecule has 1 heterocycles. The minimum Gasteiger partial charge on any atom is -0.348 e. The van der Waals surface area contributed by atoms with E-state index in [4.69, 9.17) is 4.98 Å². The molecule has 3 rings (SSSR count). The number of nitrogens with one attached hydrogen (secondary N) is 1. The van der Waals surface area contributed by atoms with Gasteiger partial charge in [0, 0.05) is 20.0 Å². The Bertz CT molecular complexity index is 822. The van der Waals surface area contributed by atoms with Gasteiger partial charge in [-0.25, -0.2) is 4.98 Å². The van der Waals surface area contributed by atoms with Crippen LogP contribution in [0.2, 0.25) is 0 Å². The highest BCUT2D eigenvalue weighted by Gasteiger charge is 2.12. The van der Waals surface area contributed by atoms with Gasteiger partial charge in [-0.1, -0.05) is 60.7 Å². The molecule has 3 aromatic rings. The molecule has 0 aliphatic rings. The fourth-order valence-electron chi connectivity index (χ4n) is 2.87. The molecule has 0 saturated heterocycles. The van der Waals surface area contributed by atoms with Gasteiger partial charge in [0.15, 0.2) is 0 Å². The van der Waals surface area contributed by atoms with Crippen LogP contribution < -0.4 is 10.2 Å². The van der Waals surface area contributed by atoms with E-state index in [9.17, 15) is 4.79 Å². The molecule has 0 spiro atoms. The van der Waals surface area contributed by atoms with Crippen molar-refractivity contribution in [2.45, 2.75) is 26.9 Å². The second kappa shape index (κ2) is 8.30. The van der Waals surface area contributed by atoms with E-state index < -0.39 is 0 Å². The summed E-state index contributed by atoms with van der Waals surface area (Å²) in [6, 6.07) is 24.6. The summed E-state index contributed by atoms with van der Waals surface area (Å²) in [5.41, 5.74) is 4.02. The second-order valence-electron chi connectivity index (χ2n) is 6.31. The predicted molar refractivity (Wildman–Crippen MR) is 106 cm³/mol. The standard InChI is InChI=1S/C22H23N3O/c1-17-21(24-18(2)26)13-14-22(23-17)25(15-19-9-5-3-6-10-19)16-20-11-7-4-8-12-20/h3-14H,15-16H2,1-2H3,(H,24,26). The van der Waals surface area contributed by atoms with E-state index in [-0.39, 0.29) is 5.91 Å². The Morgan fingerprint density at radius 2 is 1.42 bits per heavy atom. The van der Waals surface area contributed by atoms with Crippen molar-refractivity contribution in [3.05, 3.63) is 89.6 Å². The van der Waals surface area contributed by atoms with Crippen molar-refractivity contribution < 1.29 is 4.79 Å². The van der Waals surface area contributed by atoms with Crippen LogP contribution in [0, 0.1) is 6.92 Å². The van der Waals surface area contributed by atoms with Crippen LogP contribution in [0.3, 0.4) is 0 Å². The molecule has 4 nitrogen and oxygen atoms in total. The third-order valence-electron chi connectivity index (χ3n) is 4.14. The Kier molecular flexibility index (Phi) is 5.64. The Hall–Kier alpha value is -3.14. The zero-order chi connectivity index (χ0) is 18.4. The van der Waals surface area contributed by atoms with Crippen molar-refractivity contribution in [2.75, 3.05) is 10.2 Å². The van der Waals surface area contributed by atoms with Crippen LogP contribution in [-0.2, 0) is 17.9 Å². The SMILES string of the molecule is CC(=O)Nc1ccc(N(Cc2ccccc2)Cc2ccccc2)nc1C. The molecule has 0 radical (unpaired) electrons. The minimum atomic E-state index is -0.0897. The monoisotopic (exact) mass is 345 g/mol.